The molecule has 5 aromatic rings. The Kier molecular flexibility index (Phi) is 16.1. The van der Waals surface area contributed by atoms with Gasteiger partial charge in [-0.1, -0.05) is 91.5 Å². The van der Waals surface area contributed by atoms with Crippen LogP contribution in [0.15, 0.2) is 58.8 Å². The van der Waals surface area contributed by atoms with Crippen molar-refractivity contribution >= 4 is 38.5 Å². The van der Waals surface area contributed by atoms with Gasteiger partial charge in [0.05, 0.1) is 11.3 Å². The van der Waals surface area contributed by atoms with E-state index in [4.69, 9.17) is 9.40 Å². The molecule has 0 unspecified atom stereocenters. The molecule has 0 aliphatic rings. The maximum atomic E-state index is 15.4. The Balaban J connectivity index is 0.000000438. The topological polar surface area (TPSA) is 63.3 Å². The number of pyridine rings is 1. The molecule has 1 N–H and O–H groups in total. The number of ketones is 1. The number of rotatable bonds is 11. The fourth-order valence-electron chi connectivity index (χ4n) is 6.73. The van der Waals surface area contributed by atoms with Crippen molar-refractivity contribution in [1.29, 1.82) is 0 Å². The zero-order valence-electron chi connectivity index (χ0n) is 31.9. The quantitative estimate of drug-likeness (QED) is 0.0816. The van der Waals surface area contributed by atoms with Crippen LogP contribution in [-0.2, 0) is 31.3 Å². The predicted octanol–water partition coefficient (Wildman–Crippen LogP) is 13.0. The van der Waals surface area contributed by atoms with E-state index in [-0.39, 0.29) is 62.6 Å². The van der Waals surface area contributed by atoms with Gasteiger partial charge in [-0.3, -0.25) is 4.79 Å². The van der Waals surface area contributed by atoms with Crippen LogP contribution in [0.25, 0.3) is 44.0 Å². The molecule has 0 saturated carbocycles. The fourth-order valence-corrected chi connectivity index (χ4v) is 6.73. The average molecular weight is 858 g/mol. The van der Waals surface area contributed by atoms with Crippen molar-refractivity contribution in [3.8, 4) is 11.3 Å². The summed E-state index contributed by atoms with van der Waals surface area (Å²) in [5, 5.41) is 13.7. The number of allylic oxidation sites excluding steroid dienone is 2. The molecule has 2 heterocycles. The molecule has 0 bridgehead atoms. The van der Waals surface area contributed by atoms with Crippen molar-refractivity contribution in [3.05, 3.63) is 96.0 Å². The minimum atomic E-state index is -0.278. The van der Waals surface area contributed by atoms with Crippen molar-refractivity contribution in [3.63, 3.8) is 0 Å². The standard InChI is InChI=1S/C30H29FNO.C13H24O2.CH3.Ir/c1-16(2)11-20-7-8-22-21(14-20)9-10-32-28(22)26-13-18(5)12-24-25-15-23(17(3)4)19(6)27(31)30(25)33-29(24)26;1-5-10(6-2)12(14)9-13(15)11(7-3)8-4;;/h7-10,12,14-17H,11H2,1-6H3;9-11,14H,5-8H2,1-4H3;1H3;/q-1;;-1;/b;12-9-;;. The van der Waals surface area contributed by atoms with E-state index in [0.717, 1.165) is 76.0 Å². The summed E-state index contributed by atoms with van der Waals surface area (Å²) in [6.45, 7) is 20.6. The second kappa shape index (κ2) is 18.8. The Hall–Kier alpha value is -3.34. The maximum Gasteiger partial charge on any atom is 0.168 e. The minimum Gasteiger partial charge on any atom is -0.512 e. The summed E-state index contributed by atoms with van der Waals surface area (Å²) < 4.78 is 21.6. The summed E-state index contributed by atoms with van der Waals surface area (Å²) in [6.07, 6.45) is 7.78. The van der Waals surface area contributed by atoms with Crippen LogP contribution in [0.4, 0.5) is 4.39 Å². The van der Waals surface area contributed by atoms with Gasteiger partial charge in [0, 0.05) is 49.6 Å². The number of halogens is 1. The number of hydrogen-bond donors (Lipinski definition) is 1. The number of aromatic nitrogens is 1. The summed E-state index contributed by atoms with van der Waals surface area (Å²) in [7, 11) is 0. The maximum absolute atomic E-state index is 15.4. The summed E-state index contributed by atoms with van der Waals surface area (Å²) in [4.78, 5) is 16.4. The SMILES string of the molecule is CCC(CC)C(=O)/C=C(\O)C(CC)CC.Cc1[c-]c(-c2nccc3cc(CC(C)C)ccc23)c2oc3c(F)c(C)c(C(C)C)cc3c2c1.[CH3-].[Ir]. The van der Waals surface area contributed by atoms with E-state index in [0.29, 0.717) is 22.6 Å². The Morgan fingerprint density at radius 1 is 0.900 bits per heavy atom. The van der Waals surface area contributed by atoms with E-state index in [1.54, 1.807) is 0 Å². The van der Waals surface area contributed by atoms with Gasteiger partial charge in [-0.05, 0) is 96.2 Å². The number of aliphatic hydroxyl groups excluding tert-OH is 1. The van der Waals surface area contributed by atoms with E-state index >= 15 is 4.39 Å². The Morgan fingerprint density at radius 2 is 1.52 bits per heavy atom. The molecule has 0 spiro atoms. The molecular weight excluding hydrogens is 802 g/mol. The van der Waals surface area contributed by atoms with E-state index in [1.165, 1.54) is 11.6 Å². The van der Waals surface area contributed by atoms with Gasteiger partial charge < -0.3 is 21.9 Å². The molecule has 0 aliphatic heterocycles. The van der Waals surface area contributed by atoms with Crippen molar-refractivity contribution in [2.45, 2.75) is 107 Å². The van der Waals surface area contributed by atoms with Gasteiger partial charge >= 0.3 is 0 Å². The number of fused-ring (bicyclic) bond motifs is 4. The second-order valence-corrected chi connectivity index (χ2v) is 13.9. The van der Waals surface area contributed by atoms with Crippen molar-refractivity contribution in [2.24, 2.45) is 17.8 Å². The molecule has 0 saturated heterocycles. The molecular formula is C44H56FIrNO3-2. The number of benzene rings is 3. The first kappa shape index (κ1) is 42.8. The van der Waals surface area contributed by atoms with Gasteiger partial charge in [-0.2, -0.15) is 0 Å². The van der Waals surface area contributed by atoms with Gasteiger partial charge in [-0.25, -0.2) is 4.39 Å². The first-order chi connectivity index (χ1) is 22.8. The molecule has 4 nitrogen and oxygen atoms in total. The average Bonchev–Trinajstić information content (AvgIpc) is 3.41. The molecule has 2 aromatic heterocycles. The molecule has 0 fully saturated rings. The molecule has 1 radical (unpaired) electrons. The van der Waals surface area contributed by atoms with Crippen LogP contribution in [0.2, 0.25) is 0 Å². The summed E-state index contributed by atoms with van der Waals surface area (Å²) in [5.41, 5.74) is 6.50. The third-order valence-corrected chi connectivity index (χ3v) is 9.57. The van der Waals surface area contributed by atoms with Gasteiger partial charge in [-0.15, -0.1) is 17.7 Å². The third-order valence-electron chi connectivity index (χ3n) is 9.57. The van der Waals surface area contributed by atoms with E-state index in [9.17, 15) is 9.90 Å². The zero-order valence-corrected chi connectivity index (χ0v) is 34.3. The number of aryl methyl sites for hydroxylation is 1. The number of furan rings is 1. The van der Waals surface area contributed by atoms with E-state index in [1.807, 2.05) is 59.9 Å². The van der Waals surface area contributed by atoms with Crippen LogP contribution in [-0.4, -0.2) is 15.9 Å². The third kappa shape index (κ3) is 9.30. The van der Waals surface area contributed by atoms with Crippen LogP contribution in [0.3, 0.4) is 0 Å². The summed E-state index contributed by atoms with van der Waals surface area (Å²) in [5.74, 6) is 1.09. The first-order valence-corrected chi connectivity index (χ1v) is 17.7. The molecule has 50 heavy (non-hydrogen) atoms. The van der Waals surface area contributed by atoms with E-state index in [2.05, 4.69) is 58.0 Å². The fraction of sp³-hybridized carbons (Fsp3) is 0.432. The van der Waals surface area contributed by atoms with Crippen LogP contribution in [0.1, 0.15) is 109 Å². The number of carbonyl (C=O) groups is 1. The number of carbonyl (C=O) groups excluding carboxylic acids is 1. The largest absolute Gasteiger partial charge is 0.512 e. The van der Waals surface area contributed by atoms with Crippen LogP contribution < -0.4 is 0 Å². The van der Waals surface area contributed by atoms with Crippen LogP contribution in [0, 0.1) is 50.9 Å². The van der Waals surface area contributed by atoms with Crippen molar-refractivity contribution < 1.29 is 38.8 Å². The molecule has 0 aliphatic carbocycles. The predicted molar refractivity (Wildman–Crippen MR) is 206 cm³/mol. The van der Waals surface area contributed by atoms with Crippen LogP contribution in [0.5, 0.6) is 0 Å². The van der Waals surface area contributed by atoms with Crippen molar-refractivity contribution in [1.82, 2.24) is 4.98 Å². The Labute approximate surface area is 313 Å². The smallest absolute Gasteiger partial charge is 0.168 e. The normalized spacial score (nSPS) is 11.8. The summed E-state index contributed by atoms with van der Waals surface area (Å²) >= 11 is 0. The molecule has 6 heteroatoms. The molecule has 0 amide bonds. The summed E-state index contributed by atoms with van der Waals surface area (Å²) in [6, 6.07) is 16.2. The zero-order chi connectivity index (χ0) is 35.3. The van der Waals surface area contributed by atoms with E-state index < -0.39 is 0 Å². The number of aliphatic hydroxyl groups is 1. The monoisotopic (exact) mass is 858 g/mol. The van der Waals surface area contributed by atoms with Gasteiger partial charge in [0.15, 0.2) is 17.2 Å². The van der Waals surface area contributed by atoms with Gasteiger partial charge in [0.2, 0.25) is 0 Å². The Morgan fingerprint density at radius 3 is 2.10 bits per heavy atom. The second-order valence-electron chi connectivity index (χ2n) is 13.9. The van der Waals surface area contributed by atoms with Crippen LogP contribution >= 0.6 is 0 Å². The first-order valence-electron chi connectivity index (χ1n) is 17.7. The molecule has 273 valence electrons. The van der Waals surface area contributed by atoms with Gasteiger partial charge in [0.25, 0.3) is 0 Å². The van der Waals surface area contributed by atoms with Gasteiger partial charge in [0.1, 0.15) is 0 Å². The Bertz CT molecular complexity index is 1930. The number of nitrogens with zero attached hydrogens (tertiary/aromatic N) is 1. The van der Waals surface area contributed by atoms with Crippen molar-refractivity contribution in [2.75, 3.05) is 0 Å². The molecule has 5 rings (SSSR count). The molecule has 3 aromatic carbocycles. The number of hydrogen-bond acceptors (Lipinski definition) is 4. The minimum absolute atomic E-state index is 0. The molecule has 0 atom stereocenters.